The first-order valence-corrected chi connectivity index (χ1v) is 5.99. The number of rotatable bonds is 4. The lowest BCUT2D eigenvalue weighted by Gasteiger charge is -2.19. The van der Waals surface area contributed by atoms with E-state index in [4.69, 9.17) is 11.0 Å². The number of anilines is 1. The van der Waals surface area contributed by atoms with Crippen molar-refractivity contribution in [3.05, 3.63) is 11.1 Å². The number of nitriles is 1. The molecule has 1 fully saturated rings. The van der Waals surface area contributed by atoms with Gasteiger partial charge in [0.2, 0.25) is 0 Å². The Morgan fingerprint density at radius 2 is 2.50 bits per heavy atom. The molecule has 0 atom stereocenters. The van der Waals surface area contributed by atoms with Crippen molar-refractivity contribution in [3.8, 4) is 6.07 Å². The Hall–Kier alpha value is -1.61. The smallest absolute Gasteiger partial charge is 0.273 e. The molecule has 2 rings (SSSR count). The van der Waals surface area contributed by atoms with Crippen LogP contribution in [0.1, 0.15) is 29.8 Å². The molecule has 0 radical (unpaired) electrons. The standard InChI is InChI=1S/C10H12N4OS/c11-4-1-5-14(7-2-3-7)9(15)8-6-16-10(12)13-8/h6-7H,1-3,5H2,(H2,12,13). The monoisotopic (exact) mass is 236 g/mol. The lowest BCUT2D eigenvalue weighted by Crippen LogP contribution is -2.34. The van der Waals surface area contributed by atoms with Crippen LogP contribution in [0.3, 0.4) is 0 Å². The number of nitrogens with zero attached hydrogens (tertiary/aromatic N) is 3. The average Bonchev–Trinajstić information content (AvgIpc) is 3.01. The van der Waals surface area contributed by atoms with Gasteiger partial charge in [-0.1, -0.05) is 0 Å². The maximum Gasteiger partial charge on any atom is 0.273 e. The van der Waals surface area contributed by atoms with Crippen LogP contribution in [0.5, 0.6) is 0 Å². The van der Waals surface area contributed by atoms with Crippen LogP contribution < -0.4 is 5.73 Å². The van der Waals surface area contributed by atoms with E-state index >= 15 is 0 Å². The lowest BCUT2D eigenvalue weighted by molar-refractivity contribution is 0.0742. The lowest BCUT2D eigenvalue weighted by atomic mass is 10.3. The maximum absolute atomic E-state index is 12.1. The Labute approximate surface area is 97.5 Å². The summed E-state index contributed by atoms with van der Waals surface area (Å²) in [7, 11) is 0. The Bertz CT molecular complexity index is 432. The molecule has 16 heavy (non-hydrogen) atoms. The van der Waals surface area contributed by atoms with E-state index in [1.165, 1.54) is 11.3 Å². The number of nitrogens with two attached hydrogens (primary N) is 1. The summed E-state index contributed by atoms with van der Waals surface area (Å²) < 4.78 is 0. The predicted molar refractivity (Wildman–Crippen MR) is 60.8 cm³/mol. The van der Waals surface area contributed by atoms with Crippen molar-refractivity contribution in [2.75, 3.05) is 12.3 Å². The highest BCUT2D eigenvalue weighted by Gasteiger charge is 2.33. The van der Waals surface area contributed by atoms with Crippen LogP contribution in [-0.4, -0.2) is 28.4 Å². The second-order valence-electron chi connectivity index (χ2n) is 3.71. The van der Waals surface area contributed by atoms with E-state index in [1.54, 1.807) is 10.3 Å². The van der Waals surface area contributed by atoms with Gasteiger partial charge in [0.05, 0.1) is 12.5 Å². The zero-order chi connectivity index (χ0) is 11.5. The minimum atomic E-state index is -0.106. The van der Waals surface area contributed by atoms with Crippen LogP contribution >= 0.6 is 11.3 Å². The van der Waals surface area contributed by atoms with Gasteiger partial charge >= 0.3 is 0 Å². The van der Waals surface area contributed by atoms with Gasteiger partial charge < -0.3 is 10.6 Å². The number of thiazole rings is 1. The fourth-order valence-corrected chi connectivity index (χ4v) is 2.08. The first kappa shape index (κ1) is 10.9. The summed E-state index contributed by atoms with van der Waals surface area (Å²) in [5, 5.41) is 10.6. The van der Waals surface area contributed by atoms with Gasteiger partial charge in [-0.15, -0.1) is 11.3 Å². The van der Waals surface area contributed by atoms with Gasteiger partial charge in [0, 0.05) is 18.0 Å². The van der Waals surface area contributed by atoms with E-state index in [1.807, 2.05) is 0 Å². The molecule has 1 aromatic heterocycles. The van der Waals surface area contributed by atoms with E-state index < -0.39 is 0 Å². The Morgan fingerprint density at radius 1 is 1.75 bits per heavy atom. The minimum Gasteiger partial charge on any atom is -0.375 e. The predicted octanol–water partition coefficient (Wildman–Crippen LogP) is 1.24. The van der Waals surface area contributed by atoms with Gasteiger partial charge in [0.25, 0.3) is 5.91 Å². The molecular weight excluding hydrogens is 224 g/mol. The summed E-state index contributed by atoms with van der Waals surface area (Å²) in [5.74, 6) is -0.106. The Kier molecular flexibility index (Phi) is 3.06. The van der Waals surface area contributed by atoms with Crippen molar-refractivity contribution in [2.45, 2.75) is 25.3 Å². The second kappa shape index (κ2) is 4.49. The van der Waals surface area contributed by atoms with Crippen molar-refractivity contribution in [2.24, 2.45) is 0 Å². The molecule has 0 bridgehead atoms. The molecule has 0 spiro atoms. The van der Waals surface area contributed by atoms with E-state index in [0.717, 1.165) is 12.8 Å². The number of carbonyl (C=O) groups excluding carboxylic acids is 1. The molecular formula is C10H12N4OS. The summed E-state index contributed by atoms with van der Waals surface area (Å²) >= 11 is 1.26. The maximum atomic E-state index is 12.1. The SMILES string of the molecule is N#CCCN(C(=O)c1csc(N)n1)C1CC1. The fourth-order valence-electron chi connectivity index (χ4n) is 1.54. The van der Waals surface area contributed by atoms with E-state index in [9.17, 15) is 4.79 Å². The molecule has 1 aromatic rings. The molecule has 1 aliphatic carbocycles. The van der Waals surface area contributed by atoms with Crippen molar-refractivity contribution < 1.29 is 4.79 Å². The molecule has 84 valence electrons. The van der Waals surface area contributed by atoms with Crippen LogP contribution in [0.25, 0.3) is 0 Å². The van der Waals surface area contributed by atoms with Gasteiger partial charge in [0.15, 0.2) is 5.13 Å². The first-order chi connectivity index (χ1) is 7.72. The highest BCUT2D eigenvalue weighted by atomic mass is 32.1. The van der Waals surface area contributed by atoms with Crippen molar-refractivity contribution in [3.63, 3.8) is 0 Å². The minimum absolute atomic E-state index is 0.106. The van der Waals surface area contributed by atoms with Crippen LogP contribution in [-0.2, 0) is 0 Å². The molecule has 1 saturated carbocycles. The summed E-state index contributed by atoms with van der Waals surface area (Å²) in [6.45, 7) is 0.484. The Balaban J connectivity index is 2.08. The summed E-state index contributed by atoms with van der Waals surface area (Å²) in [5.41, 5.74) is 5.89. The number of aromatic nitrogens is 1. The number of carbonyl (C=O) groups is 1. The average molecular weight is 236 g/mol. The van der Waals surface area contributed by atoms with Crippen LogP contribution in [0.15, 0.2) is 5.38 Å². The van der Waals surface area contributed by atoms with Crippen molar-refractivity contribution >= 4 is 22.4 Å². The van der Waals surface area contributed by atoms with Crippen LogP contribution in [0, 0.1) is 11.3 Å². The quantitative estimate of drug-likeness (QED) is 0.852. The number of hydrogen-bond acceptors (Lipinski definition) is 5. The molecule has 1 heterocycles. The van der Waals surface area contributed by atoms with E-state index in [2.05, 4.69) is 11.1 Å². The second-order valence-corrected chi connectivity index (χ2v) is 4.60. The molecule has 1 aliphatic rings. The van der Waals surface area contributed by atoms with Gasteiger partial charge in [-0.2, -0.15) is 5.26 Å². The van der Waals surface area contributed by atoms with Gasteiger partial charge in [0.1, 0.15) is 5.69 Å². The third-order valence-corrected chi connectivity index (χ3v) is 3.13. The molecule has 0 saturated heterocycles. The molecule has 6 heteroatoms. The van der Waals surface area contributed by atoms with Gasteiger partial charge in [-0.05, 0) is 12.8 Å². The normalized spacial score (nSPS) is 14.4. The van der Waals surface area contributed by atoms with Crippen molar-refractivity contribution in [1.29, 1.82) is 5.26 Å². The van der Waals surface area contributed by atoms with E-state index in [-0.39, 0.29) is 5.91 Å². The number of amides is 1. The zero-order valence-electron chi connectivity index (χ0n) is 8.72. The first-order valence-electron chi connectivity index (χ1n) is 5.11. The third-order valence-electron chi connectivity index (χ3n) is 2.45. The molecule has 0 aliphatic heterocycles. The number of hydrogen-bond donors (Lipinski definition) is 1. The zero-order valence-corrected chi connectivity index (χ0v) is 9.54. The molecule has 1 amide bonds. The largest absolute Gasteiger partial charge is 0.375 e. The van der Waals surface area contributed by atoms with Crippen LogP contribution in [0.2, 0.25) is 0 Å². The van der Waals surface area contributed by atoms with Crippen molar-refractivity contribution in [1.82, 2.24) is 9.88 Å². The molecule has 2 N–H and O–H groups in total. The van der Waals surface area contributed by atoms with Gasteiger partial charge in [-0.25, -0.2) is 4.98 Å². The molecule has 0 aromatic carbocycles. The van der Waals surface area contributed by atoms with Crippen LogP contribution in [0.4, 0.5) is 5.13 Å². The highest BCUT2D eigenvalue weighted by molar-refractivity contribution is 7.13. The summed E-state index contributed by atoms with van der Waals surface area (Å²) in [6.07, 6.45) is 2.41. The Morgan fingerprint density at radius 3 is 3.00 bits per heavy atom. The molecule has 5 nitrogen and oxygen atoms in total. The van der Waals surface area contributed by atoms with Gasteiger partial charge in [-0.3, -0.25) is 4.79 Å². The number of nitrogen functional groups attached to an aromatic ring is 1. The summed E-state index contributed by atoms with van der Waals surface area (Å²) in [6, 6.07) is 2.35. The fraction of sp³-hybridized carbons (Fsp3) is 0.500. The summed E-state index contributed by atoms with van der Waals surface area (Å²) in [4.78, 5) is 17.8. The third kappa shape index (κ3) is 2.31. The highest BCUT2D eigenvalue weighted by Crippen LogP contribution is 2.28. The molecule has 0 unspecified atom stereocenters. The topological polar surface area (TPSA) is 83.0 Å². The van der Waals surface area contributed by atoms with E-state index in [0.29, 0.717) is 29.8 Å².